The molecule has 1 aliphatic rings. The smallest absolute Gasteiger partial charge is 0.179 e. The van der Waals surface area contributed by atoms with Crippen LogP contribution in [0.3, 0.4) is 0 Å². The highest BCUT2D eigenvalue weighted by molar-refractivity contribution is 6.32. The Morgan fingerprint density at radius 2 is 2.25 bits per heavy atom. The van der Waals surface area contributed by atoms with Crippen molar-refractivity contribution < 1.29 is 14.6 Å². The van der Waals surface area contributed by atoms with Crippen LogP contribution in [-0.2, 0) is 6.54 Å². The zero-order valence-corrected chi connectivity index (χ0v) is 12.8. The van der Waals surface area contributed by atoms with Crippen LogP contribution in [0.4, 0.5) is 0 Å². The van der Waals surface area contributed by atoms with Gasteiger partial charge in [-0.3, -0.25) is 4.90 Å². The summed E-state index contributed by atoms with van der Waals surface area (Å²) in [6, 6.07) is 3.88. The Kier molecular flexibility index (Phi) is 5.52. The summed E-state index contributed by atoms with van der Waals surface area (Å²) in [6.45, 7) is 5.06. The van der Waals surface area contributed by atoms with E-state index in [9.17, 15) is 5.11 Å². The molecule has 0 amide bonds. The summed E-state index contributed by atoms with van der Waals surface area (Å²) in [4.78, 5) is 2.21. The fraction of sp³-hybridized carbons (Fsp3) is 0.600. The number of nitrogens with zero attached hydrogens (tertiary/aromatic N) is 1. The van der Waals surface area contributed by atoms with E-state index in [4.69, 9.17) is 21.1 Å². The normalized spacial score (nSPS) is 19.3. The Balaban J connectivity index is 2.12. The number of ether oxygens (including phenoxy) is 2. The zero-order chi connectivity index (χ0) is 14.5. The van der Waals surface area contributed by atoms with Crippen molar-refractivity contribution in [2.45, 2.75) is 32.4 Å². The van der Waals surface area contributed by atoms with Crippen LogP contribution in [0.1, 0.15) is 25.3 Å². The molecule has 112 valence electrons. The lowest BCUT2D eigenvalue weighted by Crippen LogP contribution is -2.21. The molecular weight excluding hydrogens is 278 g/mol. The molecule has 4 nitrogen and oxygen atoms in total. The van der Waals surface area contributed by atoms with Gasteiger partial charge in [0.05, 0.1) is 24.8 Å². The average Bonchev–Trinajstić information content (AvgIpc) is 2.82. The quantitative estimate of drug-likeness (QED) is 0.877. The third-order valence-corrected chi connectivity index (χ3v) is 3.67. The predicted octanol–water partition coefficient (Wildman–Crippen LogP) is 2.70. The van der Waals surface area contributed by atoms with Gasteiger partial charge in [-0.1, -0.05) is 18.5 Å². The summed E-state index contributed by atoms with van der Waals surface area (Å²) in [5.41, 5.74) is 1.07. The van der Waals surface area contributed by atoms with Gasteiger partial charge < -0.3 is 14.6 Å². The van der Waals surface area contributed by atoms with E-state index in [2.05, 4.69) is 4.90 Å². The fourth-order valence-corrected chi connectivity index (χ4v) is 2.71. The summed E-state index contributed by atoms with van der Waals surface area (Å²) in [7, 11) is 1.62. The number of benzene rings is 1. The van der Waals surface area contributed by atoms with Crippen LogP contribution in [0.25, 0.3) is 0 Å². The molecule has 20 heavy (non-hydrogen) atoms. The van der Waals surface area contributed by atoms with Crippen LogP contribution in [0.2, 0.25) is 5.02 Å². The van der Waals surface area contributed by atoms with E-state index in [0.717, 1.165) is 31.5 Å². The summed E-state index contributed by atoms with van der Waals surface area (Å²) < 4.78 is 11.0. The molecule has 1 aliphatic heterocycles. The van der Waals surface area contributed by atoms with Crippen LogP contribution in [0.15, 0.2) is 12.1 Å². The molecule has 0 unspecified atom stereocenters. The molecule has 0 spiro atoms. The summed E-state index contributed by atoms with van der Waals surface area (Å²) in [6.07, 6.45) is 1.55. The van der Waals surface area contributed by atoms with Crippen molar-refractivity contribution in [3.05, 3.63) is 22.7 Å². The Morgan fingerprint density at radius 3 is 2.85 bits per heavy atom. The maximum atomic E-state index is 9.56. The van der Waals surface area contributed by atoms with Gasteiger partial charge in [0, 0.05) is 19.6 Å². The van der Waals surface area contributed by atoms with Crippen molar-refractivity contribution >= 4 is 11.6 Å². The molecule has 1 N–H and O–H groups in total. The second-order valence-electron chi connectivity index (χ2n) is 5.14. The summed E-state index contributed by atoms with van der Waals surface area (Å²) >= 11 is 6.29. The van der Waals surface area contributed by atoms with E-state index >= 15 is 0 Å². The molecular formula is C15H22ClNO3. The zero-order valence-electron chi connectivity index (χ0n) is 12.1. The number of rotatable bonds is 6. The van der Waals surface area contributed by atoms with Crippen molar-refractivity contribution in [2.24, 2.45) is 0 Å². The first-order valence-corrected chi connectivity index (χ1v) is 7.41. The van der Waals surface area contributed by atoms with Crippen molar-refractivity contribution in [1.82, 2.24) is 4.90 Å². The van der Waals surface area contributed by atoms with E-state index in [-0.39, 0.29) is 6.10 Å². The number of methoxy groups -OCH3 is 1. The molecule has 0 radical (unpaired) electrons. The van der Waals surface area contributed by atoms with Gasteiger partial charge in [0.2, 0.25) is 0 Å². The molecule has 0 bridgehead atoms. The highest BCUT2D eigenvalue weighted by Gasteiger charge is 2.21. The SMILES string of the molecule is CCCOc1c(Cl)cc(CN2CC[C@@H](O)C2)cc1OC. The van der Waals surface area contributed by atoms with Crippen molar-refractivity contribution in [2.75, 3.05) is 26.8 Å². The minimum Gasteiger partial charge on any atom is -0.493 e. The van der Waals surface area contributed by atoms with E-state index in [0.29, 0.717) is 29.7 Å². The van der Waals surface area contributed by atoms with Gasteiger partial charge in [-0.2, -0.15) is 0 Å². The van der Waals surface area contributed by atoms with Crippen LogP contribution in [0, 0.1) is 0 Å². The molecule has 5 heteroatoms. The van der Waals surface area contributed by atoms with Gasteiger partial charge in [0.1, 0.15) is 0 Å². The predicted molar refractivity (Wildman–Crippen MR) is 79.7 cm³/mol. The lowest BCUT2D eigenvalue weighted by molar-refractivity contribution is 0.174. The summed E-state index contributed by atoms with van der Waals surface area (Å²) in [5, 5.41) is 10.1. The Hall–Kier alpha value is -0.970. The molecule has 0 aromatic heterocycles. The van der Waals surface area contributed by atoms with Crippen molar-refractivity contribution in [1.29, 1.82) is 0 Å². The number of β-amino-alcohol motifs (C(OH)–C–C–N with tert-alkyl or cyclic N) is 1. The molecule has 1 aromatic rings. The minimum atomic E-state index is -0.209. The number of halogens is 1. The lowest BCUT2D eigenvalue weighted by atomic mass is 10.2. The molecule has 1 atom stereocenters. The number of aliphatic hydroxyl groups excluding tert-OH is 1. The number of hydrogen-bond acceptors (Lipinski definition) is 4. The van der Waals surface area contributed by atoms with Crippen LogP contribution in [-0.4, -0.2) is 42.9 Å². The largest absolute Gasteiger partial charge is 0.493 e. The molecule has 0 aliphatic carbocycles. The first kappa shape index (κ1) is 15.4. The van der Waals surface area contributed by atoms with E-state index in [1.165, 1.54) is 0 Å². The average molecular weight is 300 g/mol. The Bertz CT molecular complexity index is 453. The molecule has 1 aromatic carbocycles. The molecule has 0 saturated carbocycles. The van der Waals surface area contributed by atoms with Crippen LogP contribution in [0.5, 0.6) is 11.5 Å². The third kappa shape index (κ3) is 3.78. The molecule has 1 fully saturated rings. The minimum absolute atomic E-state index is 0.209. The monoisotopic (exact) mass is 299 g/mol. The van der Waals surface area contributed by atoms with Gasteiger partial charge in [0.25, 0.3) is 0 Å². The number of hydrogen-bond donors (Lipinski definition) is 1. The second-order valence-corrected chi connectivity index (χ2v) is 5.54. The number of likely N-dealkylation sites (tertiary alicyclic amines) is 1. The van der Waals surface area contributed by atoms with Gasteiger partial charge in [-0.25, -0.2) is 0 Å². The number of aliphatic hydroxyl groups is 1. The van der Waals surface area contributed by atoms with Crippen LogP contribution >= 0.6 is 11.6 Å². The lowest BCUT2D eigenvalue weighted by Gasteiger charge is -2.18. The second kappa shape index (κ2) is 7.16. The Morgan fingerprint density at radius 1 is 1.45 bits per heavy atom. The molecule has 2 rings (SSSR count). The standard InChI is InChI=1S/C15H22ClNO3/c1-3-6-20-15-13(16)7-11(8-14(15)19-2)9-17-5-4-12(18)10-17/h7-8,12,18H,3-6,9-10H2,1-2H3/t12-/m1/s1. The van der Waals surface area contributed by atoms with Crippen LogP contribution < -0.4 is 9.47 Å². The third-order valence-electron chi connectivity index (χ3n) is 3.39. The fourth-order valence-electron chi connectivity index (χ4n) is 2.42. The Labute approximate surface area is 125 Å². The first-order valence-electron chi connectivity index (χ1n) is 7.03. The summed E-state index contributed by atoms with van der Waals surface area (Å²) in [5.74, 6) is 1.28. The van der Waals surface area contributed by atoms with Gasteiger partial charge in [-0.15, -0.1) is 0 Å². The van der Waals surface area contributed by atoms with Crippen molar-refractivity contribution in [3.63, 3.8) is 0 Å². The molecule has 1 heterocycles. The topological polar surface area (TPSA) is 41.9 Å². The van der Waals surface area contributed by atoms with Gasteiger partial charge in [0.15, 0.2) is 11.5 Å². The molecule has 1 saturated heterocycles. The van der Waals surface area contributed by atoms with Gasteiger partial charge in [-0.05, 0) is 30.5 Å². The van der Waals surface area contributed by atoms with E-state index < -0.39 is 0 Å². The van der Waals surface area contributed by atoms with Crippen molar-refractivity contribution in [3.8, 4) is 11.5 Å². The highest BCUT2D eigenvalue weighted by atomic mass is 35.5. The maximum Gasteiger partial charge on any atom is 0.179 e. The van der Waals surface area contributed by atoms with E-state index in [1.807, 2.05) is 19.1 Å². The van der Waals surface area contributed by atoms with Gasteiger partial charge >= 0.3 is 0 Å². The highest BCUT2D eigenvalue weighted by Crippen LogP contribution is 2.37. The van der Waals surface area contributed by atoms with E-state index in [1.54, 1.807) is 7.11 Å². The maximum absolute atomic E-state index is 9.56. The first-order chi connectivity index (χ1) is 9.63.